The monoisotopic (exact) mass is 422 g/mol. The van der Waals surface area contributed by atoms with Crippen LogP contribution in [0.1, 0.15) is 43.1 Å². The predicted octanol–water partition coefficient (Wildman–Crippen LogP) is 3.46. The molecule has 0 aromatic heterocycles. The summed E-state index contributed by atoms with van der Waals surface area (Å²) in [6.07, 6.45) is 0.0477. The second-order valence-electron chi connectivity index (χ2n) is 8.00. The van der Waals surface area contributed by atoms with Crippen LogP contribution in [0.2, 0.25) is 0 Å². The molecular weight excluding hydrogens is 395 g/mol. The molecule has 0 saturated carbocycles. The van der Waals surface area contributed by atoms with Crippen LogP contribution >= 0.6 is 0 Å². The fraction of sp³-hybridized carbons (Fsp3) is 0.381. The summed E-state index contributed by atoms with van der Waals surface area (Å²) in [4.78, 5) is 12.2. The molecule has 0 heterocycles. The second kappa shape index (κ2) is 8.92. The number of hydrogen-bond acceptors (Lipinski definition) is 4. The van der Waals surface area contributed by atoms with Crippen molar-refractivity contribution >= 4 is 21.6 Å². The number of aliphatic hydroxyl groups excluding tert-OH is 1. The van der Waals surface area contributed by atoms with E-state index in [1.807, 2.05) is 13.8 Å². The summed E-state index contributed by atoms with van der Waals surface area (Å²) in [5.41, 5.74) is 0.537. The van der Waals surface area contributed by atoms with Gasteiger partial charge in [-0.25, -0.2) is 12.8 Å². The Bertz CT molecular complexity index is 988. The normalized spacial score (nSPS) is 13.0. The Morgan fingerprint density at radius 1 is 1.21 bits per heavy atom. The largest absolute Gasteiger partial charge is 0.393 e. The zero-order valence-corrected chi connectivity index (χ0v) is 17.8. The lowest BCUT2D eigenvalue weighted by atomic mass is 9.87. The average Bonchev–Trinajstić information content (AvgIpc) is 2.60. The lowest BCUT2D eigenvalue weighted by molar-refractivity contribution is 0.0902. The number of sulfonamides is 1. The highest BCUT2D eigenvalue weighted by atomic mass is 32.2. The number of carbonyl (C=O) groups is 1. The van der Waals surface area contributed by atoms with Crippen molar-refractivity contribution in [1.29, 1.82) is 0 Å². The first-order valence-electron chi connectivity index (χ1n) is 9.25. The van der Waals surface area contributed by atoms with Crippen LogP contribution in [0.25, 0.3) is 0 Å². The molecular formula is C21H27FN2O4S. The van der Waals surface area contributed by atoms with Crippen LogP contribution in [0.5, 0.6) is 0 Å². The molecule has 1 atom stereocenters. The Morgan fingerprint density at radius 3 is 2.52 bits per heavy atom. The van der Waals surface area contributed by atoms with Crippen molar-refractivity contribution in [2.24, 2.45) is 5.41 Å². The van der Waals surface area contributed by atoms with E-state index in [0.717, 1.165) is 6.07 Å². The molecule has 2 aromatic rings. The number of halogens is 1. The molecule has 0 aliphatic heterocycles. The highest BCUT2D eigenvalue weighted by Crippen LogP contribution is 2.22. The summed E-state index contributed by atoms with van der Waals surface area (Å²) in [5.74, 6) is -0.966. The molecule has 2 rings (SSSR count). The van der Waals surface area contributed by atoms with Gasteiger partial charge in [-0.05, 0) is 61.6 Å². The smallest absolute Gasteiger partial charge is 0.261 e. The summed E-state index contributed by atoms with van der Waals surface area (Å²) in [7, 11) is -3.99. The second-order valence-corrected chi connectivity index (χ2v) is 9.68. The minimum absolute atomic E-state index is 0.196. The molecule has 1 amide bonds. The number of aryl methyl sites for hydroxylation is 1. The van der Waals surface area contributed by atoms with Gasteiger partial charge in [0.15, 0.2) is 0 Å². The van der Waals surface area contributed by atoms with Crippen LogP contribution in [0.4, 0.5) is 10.1 Å². The van der Waals surface area contributed by atoms with Crippen LogP contribution in [0.15, 0.2) is 47.4 Å². The van der Waals surface area contributed by atoms with Crippen molar-refractivity contribution in [2.45, 2.75) is 45.1 Å². The Hall–Kier alpha value is -2.45. The van der Waals surface area contributed by atoms with Gasteiger partial charge < -0.3 is 10.4 Å². The molecule has 0 spiro atoms. The molecule has 6 nitrogen and oxygen atoms in total. The summed E-state index contributed by atoms with van der Waals surface area (Å²) in [5, 5.41) is 12.3. The number of hydrogen-bond donors (Lipinski definition) is 3. The lowest BCUT2D eigenvalue weighted by Gasteiger charge is -2.26. The Labute approximate surface area is 171 Å². The Balaban J connectivity index is 2.12. The van der Waals surface area contributed by atoms with Gasteiger partial charge in [-0.15, -0.1) is 0 Å². The number of carbonyl (C=O) groups excluding carboxylic acids is 1. The third-order valence-corrected chi connectivity index (χ3v) is 5.79. The Morgan fingerprint density at radius 2 is 1.90 bits per heavy atom. The molecule has 0 radical (unpaired) electrons. The topological polar surface area (TPSA) is 95.5 Å². The van der Waals surface area contributed by atoms with Crippen molar-refractivity contribution in [3.8, 4) is 0 Å². The summed E-state index contributed by atoms with van der Waals surface area (Å²) >= 11 is 0. The van der Waals surface area contributed by atoms with E-state index >= 15 is 0 Å². The fourth-order valence-corrected chi connectivity index (χ4v) is 4.03. The molecule has 0 unspecified atom stereocenters. The first-order chi connectivity index (χ1) is 13.4. The van der Waals surface area contributed by atoms with Gasteiger partial charge in [0.05, 0.1) is 11.0 Å². The molecule has 8 heteroatoms. The first-order valence-corrected chi connectivity index (χ1v) is 10.7. The molecule has 2 aromatic carbocycles. The summed E-state index contributed by atoms with van der Waals surface area (Å²) < 4.78 is 41.1. The van der Waals surface area contributed by atoms with Crippen molar-refractivity contribution in [3.63, 3.8) is 0 Å². The van der Waals surface area contributed by atoms with Gasteiger partial charge in [0.1, 0.15) is 5.82 Å². The lowest BCUT2D eigenvalue weighted by Crippen LogP contribution is -2.35. The third-order valence-electron chi connectivity index (χ3n) is 4.41. The molecule has 158 valence electrons. The van der Waals surface area contributed by atoms with Gasteiger partial charge in [-0.1, -0.05) is 26.0 Å². The highest BCUT2D eigenvalue weighted by molar-refractivity contribution is 7.92. The van der Waals surface area contributed by atoms with Crippen LogP contribution in [0, 0.1) is 18.2 Å². The van der Waals surface area contributed by atoms with Crippen molar-refractivity contribution < 1.29 is 22.7 Å². The van der Waals surface area contributed by atoms with Crippen molar-refractivity contribution in [2.75, 3.05) is 11.3 Å². The minimum atomic E-state index is -3.99. The van der Waals surface area contributed by atoms with Crippen molar-refractivity contribution in [1.82, 2.24) is 5.32 Å². The molecule has 0 saturated heterocycles. The highest BCUT2D eigenvalue weighted by Gasteiger charge is 2.22. The van der Waals surface area contributed by atoms with E-state index in [1.54, 1.807) is 26.0 Å². The van der Waals surface area contributed by atoms with Gasteiger partial charge in [-0.2, -0.15) is 0 Å². The number of benzene rings is 2. The average molecular weight is 423 g/mol. The molecule has 0 fully saturated rings. The van der Waals surface area contributed by atoms with E-state index in [1.165, 1.54) is 24.3 Å². The maximum Gasteiger partial charge on any atom is 0.261 e. The molecule has 29 heavy (non-hydrogen) atoms. The number of rotatable bonds is 8. The number of nitrogens with one attached hydrogen (secondary N) is 2. The number of aliphatic hydroxyl groups is 1. The first kappa shape index (κ1) is 22.8. The SMILES string of the molecule is Cc1ccc(S(=O)(=O)Nc2cccc(C(=O)NCC(C)(C)C[C@H](C)O)c2)cc1F. The van der Waals surface area contributed by atoms with Gasteiger partial charge in [0.2, 0.25) is 0 Å². The van der Waals surface area contributed by atoms with Crippen LogP contribution < -0.4 is 10.0 Å². The maximum absolute atomic E-state index is 13.7. The molecule has 0 bridgehead atoms. The molecule has 0 aliphatic carbocycles. The van der Waals surface area contributed by atoms with Gasteiger partial charge >= 0.3 is 0 Å². The number of anilines is 1. The number of amides is 1. The van der Waals surface area contributed by atoms with Crippen LogP contribution in [-0.4, -0.2) is 32.1 Å². The fourth-order valence-electron chi connectivity index (χ4n) is 2.97. The zero-order valence-electron chi connectivity index (χ0n) is 17.0. The standard InChI is InChI=1S/C21H27FN2O4S/c1-14-8-9-18(11-19(14)22)29(27,28)24-17-7-5-6-16(10-17)20(26)23-13-21(3,4)12-15(2)25/h5-11,15,24-25H,12-13H2,1-4H3,(H,23,26)/t15-/m0/s1. The van der Waals surface area contributed by atoms with E-state index in [9.17, 15) is 22.7 Å². The van der Waals surface area contributed by atoms with Gasteiger partial charge in [0.25, 0.3) is 15.9 Å². The Kier molecular flexibility index (Phi) is 7.02. The van der Waals surface area contributed by atoms with Crippen LogP contribution in [0.3, 0.4) is 0 Å². The summed E-state index contributed by atoms with van der Waals surface area (Å²) in [6, 6.07) is 9.72. The van der Waals surface area contributed by atoms with Gasteiger partial charge in [-0.3, -0.25) is 9.52 Å². The van der Waals surface area contributed by atoms with Crippen LogP contribution in [-0.2, 0) is 10.0 Å². The van der Waals surface area contributed by atoms with E-state index < -0.39 is 21.9 Å². The predicted molar refractivity (Wildman–Crippen MR) is 111 cm³/mol. The summed E-state index contributed by atoms with van der Waals surface area (Å²) in [6.45, 7) is 7.47. The van der Waals surface area contributed by atoms with E-state index in [2.05, 4.69) is 10.0 Å². The molecule has 3 N–H and O–H groups in total. The minimum Gasteiger partial charge on any atom is -0.393 e. The van der Waals surface area contributed by atoms with E-state index in [0.29, 0.717) is 18.5 Å². The zero-order chi connectivity index (χ0) is 21.8. The maximum atomic E-state index is 13.7. The van der Waals surface area contributed by atoms with E-state index in [-0.39, 0.29) is 27.5 Å². The quantitative estimate of drug-likeness (QED) is 0.607. The van der Waals surface area contributed by atoms with Crippen molar-refractivity contribution in [3.05, 3.63) is 59.4 Å². The van der Waals surface area contributed by atoms with Gasteiger partial charge in [0, 0.05) is 17.8 Å². The van der Waals surface area contributed by atoms with E-state index in [4.69, 9.17) is 0 Å². The third kappa shape index (κ3) is 6.54. The molecule has 0 aliphatic rings.